The van der Waals surface area contributed by atoms with E-state index in [1.165, 1.54) is 0 Å². The van der Waals surface area contributed by atoms with Crippen molar-refractivity contribution in [3.8, 4) is 91.5 Å². The second kappa shape index (κ2) is 31.6. The van der Waals surface area contributed by atoms with Crippen LogP contribution in [0.1, 0.15) is 158 Å². The molecule has 18 heteroatoms. The molecule has 0 aliphatic carbocycles. The number of benzene rings is 8. The van der Waals surface area contributed by atoms with Crippen molar-refractivity contribution in [1.29, 1.82) is 0 Å². The molecule has 0 spiro atoms. The van der Waals surface area contributed by atoms with Gasteiger partial charge in [-0.25, -0.2) is 19.9 Å². The van der Waals surface area contributed by atoms with Crippen LogP contribution >= 0.6 is 0 Å². The van der Waals surface area contributed by atoms with Crippen LogP contribution in [0.15, 0.2) is 97.1 Å². The molecule has 0 fully saturated rings. The van der Waals surface area contributed by atoms with Crippen LogP contribution in [0.3, 0.4) is 0 Å². The number of fused-ring (bicyclic) bond motifs is 24. The molecular weight excluding hydrogens is 1270 g/mol. The zero-order valence-corrected chi connectivity index (χ0v) is 59.3. The van der Waals surface area contributed by atoms with Gasteiger partial charge in [-0.05, 0) is 51.4 Å². The first-order chi connectivity index (χ1) is 47.8. The van der Waals surface area contributed by atoms with E-state index >= 15 is 0 Å². The maximum atomic E-state index is 13.9. The number of hydrogen-bond donors (Lipinski definition) is 1. The Hall–Kier alpha value is -9.06. The predicted molar refractivity (Wildman–Crippen MR) is 389 cm³/mol. The Morgan fingerprint density at radius 2 is 0.490 bits per heavy atom. The van der Waals surface area contributed by atoms with E-state index in [1.54, 1.807) is 0 Å². The molecule has 8 bridgehead atoms. The van der Waals surface area contributed by atoms with Crippen molar-refractivity contribution in [1.82, 2.24) is 39.6 Å². The van der Waals surface area contributed by atoms with Gasteiger partial charge in [0.2, 0.25) is 0 Å². The fraction of sp³-hybridized carbons (Fsp3) is 0.400. The minimum Gasteiger partial charge on any atom is -0.492 e. The summed E-state index contributed by atoms with van der Waals surface area (Å²) in [6.07, 6.45) is 13.3. The van der Waals surface area contributed by atoms with E-state index < -0.39 is 0 Å². The summed E-state index contributed by atoms with van der Waals surface area (Å²) < 4.78 is 57.9. The zero-order valence-electron chi connectivity index (χ0n) is 57.9. The van der Waals surface area contributed by atoms with Crippen molar-refractivity contribution in [3.05, 3.63) is 97.1 Å². The van der Waals surface area contributed by atoms with Crippen LogP contribution < -0.4 is 42.9 Å². The Kier molecular flexibility index (Phi) is 22.2. The van der Waals surface area contributed by atoms with Crippen molar-refractivity contribution >= 4 is 87.2 Å². The number of unbranched alkanes of at least 4 members (excludes halogenated alkanes) is 8. The van der Waals surface area contributed by atoms with E-state index in [4.69, 9.17) is 72.8 Å². The van der Waals surface area contributed by atoms with E-state index in [-0.39, 0.29) is 64.4 Å². The smallest absolute Gasteiger partial charge is 0.184 e. The molecule has 11 aromatic rings. The first-order valence-electron chi connectivity index (χ1n) is 35.7. The second-order valence-electron chi connectivity index (χ2n) is 25.1. The van der Waals surface area contributed by atoms with E-state index in [9.17, 15) is 5.21 Å². The summed E-state index contributed by atoms with van der Waals surface area (Å²) in [4.78, 5) is 39.8. The normalized spacial score (nSPS) is 11.8. The number of hydrogen-bond acceptors (Lipinski definition) is 15. The van der Waals surface area contributed by atoms with Gasteiger partial charge in [0.25, 0.3) is 0 Å². The van der Waals surface area contributed by atoms with Crippen LogP contribution in [0.4, 0.5) is 0 Å². The summed E-state index contributed by atoms with van der Waals surface area (Å²) in [6.45, 7) is 20.3. The van der Waals surface area contributed by atoms with Gasteiger partial charge in [0.1, 0.15) is 46.0 Å². The Morgan fingerprint density at radius 1 is 0.286 bits per heavy atom. The van der Waals surface area contributed by atoms with Crippen molar-refractivity contribution < 1.29 is 61.7 Å². The zero-order chi connectivity index (χ0) is 66.9. The minimum atomic E-state index is 0. The number of ether oxygens (including phenoxy) is 8. The molecule has 0 atom stereocenters. The van der Waals surface area contributed by atoms with Gasteiger partial charge in [-0.15, -0.1) is 4.73 Å². The number of rotatable bonds is 32. The summed E-state index contributed by atoms with van der Waals surface area (Å²) in [6, 6.07) is 32.5. The van der Waals surface area contributed by atoms with Gasteiger partial charge < -0.3 is 58.1 Å². The standard InChI is InChI=1S/C80H89N8O9.V/c1-9-17-41-90-65-49-33-25-26-34-50(49)66(91-42-18-10-2)58-57(65)73-81-74(58)83-76-60-62(70(95-46-22-14-6)54-38-30-28-36-52(54)68(60)93-44-20-12-4)78(85-76)87-80-64-63(71(96-47-23-15-7)55-39-31-32-40-56(55)72(64)97-48-24-16-8)79(88(80)89)86-77-61-59(75(82-73)84-77)67(92-43-19-11-3)51-35-27-29-37-53(51)69(61)94-45-21-13-5;/h25-40,89H,9-24,41-48H2,1-8H3;/q-1;. The molecule has 13 rings (SSSR count). The Labute approximate surface area is 584 Å². The second-order valence-corrected chi connectivity index (χ2v) is 25.1. The topological polar surface area (TPSA) is 190 Å². The van der Waals surface area contributed by atoms with Gasteiger partial charge >= 0.3 is 0 Å². The van der Waals surface area contributed by atoms with Crippen molar-refractivity contribution in [2.75, 3.05) is 52.9 Å². The van der Waals surface area contributed by atoms with Crippen LogP contribution in [0.25, 0.3) is 133 Å². The monoisotopic (exact) mass is 1360 g/mol. The molecule has 8 aromatic carbocycles. The molecule has 0 saturated heterocycles. The molecule has 2 aliphatic rings. The SMILES string of the molecule is CCCCOc1c2c(c(OCCCC)c3ccccc13)-c1nc-2nc2[n-]c(nc3nc(nc4c5c(OCCCC)c6ccccc6c(OCCCC)c5c(n1)n4O)-c1c-3c(OCCCC)c3ccccc3c1OCCCC)c1c(OCCCC)c3ccccc3c(OCCCC)c21.[V]. The molecular formula is C80H89N8O9V-. The summed E-state index contributed by atoms with van der Waals surface area (Å²) in [5, 5.41) is 22.4. The minimum absolute atomic E-state index is 0. The van der Waals surface area contributed by atoms with Crippen LogP contribution in [-0.2, 0) is 18.6 Å². The van der Waals surface area contributed by atoms with Crippen molar-refractivity contribution in [3.63, 3.8) is 0 Å². The Morgan fingerprint density at radius 3 is 0.724 bits per heavy atom. The van der Waals surface area contributed by atoms with Crippen LogP contribution in [0.2, 0.25) is 0 Å². The quantitative estimate of drug-likeness (QED) is 0.0309. The first kappa shape index (κ1) is 68.9. The average molecular weight is 1360 g/mol. The molecule has 1 radical (unpaired) electrons. The summed E-state index contributed by atoms with van der Waals surface area (Å²) in [5.41, 5.74) is 2.85. The third-order valence-corrected chi connectivity index (χ3v) is 18.1. The Bertz CT molecular complexity index is 4600. The van der Waals surface area contributed by atoms with Gasteiger partial charge in [0.15, 0.2) is 22.9 Å². The predicted octanol–water partition coefficient (Wildman–Crippen LogP) is 20.3. The van der Waals surface area contributed by atoms with Crippen LogP contribution in [-0.4, -0.2) is 92.7 Å². The van der Waals surface area contributed by atoms with E-state index in [0.717, 1.165) is 151 Å². The molecule has 0 unspecified atom stereocenters. The molecule has 0 saturated carbocycles. The fourth-order valence-corrected chi connectivity index (χ4v) is 13.0. The van der Waals surface area contributed by atoms with E-state index in [1.807, 2.05) is 60.7 Å². The summed E-state index contributed by atoms with van der Waals surface area (Å²) in [5.74, 6) is 5.23. The molecule has 509 valence electrons. The van der Waals surface area contributed by atoms with Gasteiger partial charge in [-0.2, -0.15) is 0 Å². The average Bonchev–Trinajstić information content (AvgIpc) is 1.54. The maximum Gasteiger partial charge on any atom is 0.184 e. The van der Waals surface area contributed by atoms with Gasteiger partial charge in [-0.1, -0.05) is 204 Å². The van der Waals surface area contributed by atoms with Crippen LogP contribution in [0.5, 0.6) is 46.0 Å². The fourth-order valence-electron chi connectivity index (χ4n) is 13.0. The van der Waals surface area contributed by atoms with Crippen molar-refractivity contribution in [2.24, 2.45) is 0 Å². The third kappa shape index (κ3) is 12.9. The number of nitrogens with zero attached hydrogens (tertiary/aromatic N) is 8. The summed E-state index contributed by atoms with van der Waals surface area (Å²) >= 11 is 0. The molecule has 0 amide bonds. The molecule has 2 aliphatic heterocycles. The molecule has 1 N–H and O–H groups in total. The first-order valence-corrected chi connectivity index (χ1v) is 35.7. The van der Waals surface area contributed by atoms with Gasteiger partial charge in [-0.3, -0.25) is 0 Å². The summed E-state index contributed by atoms with van der Waals surface area (Å²) in [7, 11) is 0. The van der Waals surface area contributed by atoms with Gasteiger partial charge in [0, 0.05) is 83.7 Å². The number of aromatic nitrogens is 8. The van der Waals surface area contributed by atoms with E-state index in [0.29, 0.717) is 143 Å². The van der Waals surface area contributed by atoms with E-state index in [2.05, 4.69) is 91.8 Å². The Balaban J connectivity index is 0.00000914. The largest absolute Gasteiger partial charge is 0.492 e. The molecule has 5 heterocycles. The maximum absolute atomic E-state index is 13.9. The third-order valence-electron chi connectivity index (χ3n) is 18.1. The molecule has 3 aromatic heterocycles. The van der Waals surface area contributed by atoms with Gasteiger partial charge in [0.05, 0.1) is 97.5 Å². The molecule has 98 heavy (non-hydrogen) atoms. The molecule has 17 nitrogen and oxygen atoms in total. The van der Waals surface area contributed by atoms with Crippen molar-refractivity contribution in [2.45, 2.75) is 158 Å². The van der Waals surface area contributed by atoms with Crippen LogP contribution in [0, 0.1) is 0 Å².